The molecule has 0 saturated carbocycles. The fraction of sp³-hybridized carbons (Fsp3) is 0.130. The minimum Gasteiger partial charge on any atom is -0.323 e. The van der Waals surface area contributed by atoms with Crippen molar-refractivity contribution in [3.8, 4) is 0 Å². The van der Waals surface area contributed by atoms with Gasteiger partial charge in [0.1, 0.15) is 6.54 Å². The van der Waals surface area contributed by atoms with Gasteiger partial charge in [-0.25, -0.2) is 4.98 Å². The Kier molecular flexibility index (Phi) is 6.20. The van der Waals surface area contributed by atoms with Gasteiger partial charge in [-0.1, -0.05) is 18.2 Å². The molecule has 1 aliphatic heterocycles. The number of anilines is 4. The number of amides is 3. The monoisotopic (exact) mass is 486 g/mol. The van der Waals surface area contributed by atoms with E-state index in [0.717, 1.165) is 28.4 Å². The number of halogens is 3. The summed E-state index contributed by atoms with van der Waals surface area (Å²) in [4.78, 5) is 43.6. The number of carbonyl (C=O) groups excluding carboxylic acids is 3. The maximum absolute atomic E-state index is 13.1. The molecule has 3 amide bonds. The van der Waals surface area contributed by atoms with Crippen LogP contribution in [0.2, 0.25) is 0 Å². The van der Waals surface area contributed by atoms with Gasteiger partial charge in [-0.05, 0) is 36.4 Å². The lowest BCUT2D eigenvalue weighted by Crippen LogP contribution is -2.41. The normalized spacial score (nSPS) is 13.5. The van der Waals surface area contributed by atoms with Crippen LogP contribution in [0.15, 0.2) is 60.0 Å². The first-order valence-corrected chi connectivity index (χ1v) is 10.8. The van der Waals surface area contributed by atoms with Crippen LogP contribution in [0.4, 0.5) is 35.4 Å². The molecule has 0 bridgehead atoms. The summed E-state index contributed by atoms with van der Waals surface area (Å²) in [5.74, 6) is -1.29. The number of nitrogens with zero attached hydrogens (tertiary/aromatic N) is 3. The number of thiazole rings is 1. The quantitative estimate of drug-likeness (QED) is 0.535. The van der Waals surface area contributed by atoms with Gasteiger partial charge in [0.05, 0.1) is 28.3 Å². The molecule has 1 aromatic heterocycles. The van der Waals surface area contributed by atoms with E-state index in [1.54, 1.807) is 29.6 Å². The largest absolute Gasteiger partial charge is 0.416 e. The third kappa shape index (κ3) is 4.84. The van der Waals surface area contributed by atoms with Crippen molar-refractivity contribution in [3.05, 3.63) is 71.2 Å². The van der Waals surface area contributed by atoms with Crippen molar-refractivity contribution < 1.29 is 27.6 Å². The second kappa shape index (κ2) is 9.10. The topological polar surface area (TPSA) is 82.6 Å². The number of benzene rings is 2. The molecule has 34 heavy (non-hydrogen) atoms. The highest BCUT2D eigenvalue weighted by Crippen LogP contribution is 2.35. The van der Waals surface area contributed by atoms with Crippen molar-refractivity contribution in [2.75, 3.05) is 21.7 Å². The summed E-state index contributed by atoms with van der Waals surface area (Å²) in [5.41, 5.74) is 0.558. The first-order valence-electron chi connectivity index (χ1n) is 9.95. The second-order valence-corrected chi connectivity index (χ2v) is 8.12. The van der Waals surface area contributed by atoms with Crippen molar-refractivity contribution in [1.82, 2.24) is 4.98 Å². The highest BCUT2D eigenvalue weighted by atomic mass is 32.1. The van der Waals surface area contributed by atoms with E-state index in [1.165, 1.54) is 36.1 Å². The fourth-order valence-corrected chi connectivity index (χ4v) is 4.24. The number of carbonyl (C=O) groups is 3. The van der Waals surface area contributed by atoms with Gasteiger partial charge in [0.2, 0.25) is 11.8 Å². The predicted octanol–water partition coefficient (Wildman–Crippen LogP) is 4.85. The number of para-hydroxylation sites is 2. The van der Waals surface area contributed by atoms with Gasteiger partial charge in [0, 0.05) is 18.4 Å². The molecule has 3 aromatic rings. The van der Waals surface area contributed by atoms with Crippen LogP contribution in [-0.4, -0.2) is 29.3 Å². The Morgan fingerprint density at radius 3 is 2.68 bits per heavy atom. The van der Waals surface area contributed by atoms with Gasteiger partial charge in [-0.3, -0.25) is 24.2 Å². The number of hydrogen-bond donors (Lipinski definition) is 1. The minimum absolute atomic E-state index is 0.0271. The number of hydrogen-bond acceptors (Lipinski definition) is 5. The lowest BCUT2D eigenvalue weighted by atomic mass is 10.2. The highest BCUT2D eigenvalue weighted by Gasteiger charge is 2.31. The van der Waals surface area contributed by atoms with Crippen LogP contribution < -0.4 is 15.1 Å². The lowest BCUT2D eigenvalue weighted by molar-refractivity contribution is -0.137. The lowest BCUT2D eigenvalue weighted by Gasteiger charge is -2.28. The van der Waals surface area contributed by atoms with E-state index in [0.29, 0.717) is 17.1 Å². The average Bonchev–Trinajstić information content (AvgIpc) is 3.24. The molecular formula is C23H17F3N4O3S. The molecule has 1 N–H and O–H groups in total. The summed E-state index contributed by atoms with van der Waals surface area (Å²) in [6.45, 7) is 1.08. The summed E-state index contributed by atoms with van der Waals surface area (Å²) in [6.07, 6.45) is -1.89. The molecule has 7 nitrogen and oxygen atoms in total. The fourth-order valence-electron chi connectivity index (χ4n) is 3.38. The van der Waals surface area contributed by atoms with Gasteiger partial charge < -0.3 is 5.32 Å². The van der Waals surface area contributed by atoms with Gasteiger partial charge in [-0.15, -0.1) is 11.3 Å². The van der Waals surface area contributed by atoms with E-state index in [-0.39, 0.29) is 23.3 Å². The van der Waals surface area contributed by atoms with Crippen LogP contribution in [0.25, 0.3) is 6.08 Å². The van der Waals surface area contributed by atoms with Gasteiger partial charge in [0.15, 0.2) is 5.13 Å². The van der Waals surface area contributed by atoms with E-state index in [9.17, 15) is 27.6 Å². The summed E-state index contributed by atoms with van der Waals surface area (Å²) in [7, 11) is 0. The van der Waals surface area contributed by atoms with Crippen LogP contribution >= 0.6 is 11.3 Å². The van der Waals surface area contributed by atoms with Crippen molar-refractivity contribution in [1.29, 1.82) is 0 Å². The smallest absolute Gasteiger partial charge is 0.323 e. The number of aromatic nitrogens is 1. The van der Waals surface area contributed by atoms with E-state index in [2.05, 4.69) is 10.3 Å². The Hall–Kier alpha value is -3.99. The van der Waals surface area contributed by atoms with E-state index >= 15 is 0 Å². The summed E-state index contributed by atoms with van der Waals surface area (Å²) < 4.78 is 39.3. The Morgan fingerprint density at radius 1 is 1.18 bits per heavy atom. The van der Waals surface area contributed by atoms with Crippen molar-refractivity contribution >= 4 is 57.3 Å². The third-order valence-corrected chi connectivity index (χ3v) is 5.73. The molecule has 0 atom stereocenters. The summed E-state index contributed by atoms with van der Waals surface area (Å²) in [5, 5.41) is 4.42. The molecule has 0 unspecified atom stereocenters. The molecule has 0 aliphatic carbocycles. The third-order valence-electron chi connectivity index (χ3n) is 4.88. The number of fused-ring (bicyclic) bond motifs is 1. The maximum Gasteiger partial charge on any atom is 0.416 e. The first-order chi connectivity index (χ1) is 16.1. The molecule has 2 aromatic carbocycles. The Morgan fingerprint density at radius 2 is 1.94 bits per heavy atom. The minimum atomic E-state index is -4.56. The van der Waals surface area contributed by atoms with Crippen LogP contribution in [0.5, 0.6) is 0 Å². The van der Waals surface area contributed by atoms with Gasteiger partial charge in [-0.2, -0.15) is 13.2 Å². The average molecular weight is 486 g/mol. The van der Waals surface area contributed by atoms with E-state index in [1.807, 2.05) is 0 Å². The molecule has 4 rings (SSSR count). The highest BCUT2D eigenvalue weighted by molar-refractivity contribution is 7.14. The van der Waals surface area contributed by atoms with Gasteiger partial charge >= 0.3 is 6.18 Å². The Labute approximate surface area is 196 Å². The zero-order valence-corrected chi connectivity index (χ0v) is 18.5. The van der Waals surface area contributed by atoms with Crippen LogP contribution in [0.1, 0.15) is 18.2 Å². The molecule has 1 aliphatic rings. The Bertz CT molecular complexity index is 1300. The number of rotatable bonds is 4. The standard InChI is InChI=1S/C23H17F3N4O3S/c1-14(31)30(17-6-4-5-15(11-17)23(24,25)26)22-27-16(13-34-22)9-10-21(33)29-12-20(32)28-18-7-2-3-8-19(18)29/h2-11,13H,12H2,1H3,(H,28,32)/b10-9+. The van der Waals surface area contributed by atoms with E-state index < -0.39 is 23.6 Å². The van der Waals surface area contributed by atoms with Crippen molar-refractivity contribution in [3.63, 3.8) is 0 Å². The van der Waals surface area contributed by atoms with E-state index in [4.69, 9.17) is 0 Å². The van der Waals surface area contributed by atoms with Crippen LogP contribution in [0, 0.1) is 0 Å². The van der Waals surface area contributed by atoms with Gasteiger partial charge in [0.25, 0.3) is 5.91 Å². The first kappa shape index (κ1) is 23.2. The predicted molar refractivity (Wildman–Crippen MR) is 123 cm³/mol. The molecule has 0 radical (unpaired) electrons. The zero-order valence-electron chi connectivity index (χ0n) is 17.7. The van der Waals surface area contributed by atoms with Crippen LogP contribution in [-0.2, 0) is 20.6 Å². The maximum atomic E-state index is 13.1. The summed E-state index contributed by atoms with van der Waals surface area (Å²) in [6, 6.07) is 11.3. The molecule has 0 saturated heterocycles. The Balaban J connectivity index is 1.57. The number of alkyl halides is 3. The van der Waals surface area contributed by atoms with Crippen molar-refractivity contribution in [2.45, 2.75) is 13.1 Å². The number of nitrogens with one attached hydrogen (secondary N) is 1. The molecule has 0 fully saturated rings. The molecule has 2 heterocycles. The molecule has 174 valence electrons. The van der Waals surface area contributed by atoms with Crippen LogP contribution in [0.3, 0.4) is 0 Å². The molecular weight excluding hydrogens is 469 g/mol. The summed E-state index contributed by atoms with van der Waals surface area (Å²) >= 11 is 1.04. The second-order valence-electron chi connectivity index (χ2n) is 7.28. The zero-order chi connectivity index (χ0) is 24.5. The van der Waals surface area contributed by atoms with Crippen molar-refractivity contribution in [2.24, 2.45) is 0 Å². The SMILES string of the molecule is CC(=O)N(c1cccc(C(F)(F)F)c1)c1nc(/C=C/C(=O)N2CC(=O)Nc3ccccc32)cs1. The molecule has 11 heteroatoms. The molecule has 0 spiro atoms.